The van der Waals surface area contributed by atoms with Gasteiger partial charge >= 0.3 is 0 Å². The van der Waals surface area contributed by atoms with Crippen molar-refractivity contribution in [2.75, 3.05) is 0 Å². The predicted molar refractivity (Wildman–Crippen MR) is 439 cm³/mol. The van der Waals surface area contributed by atoms with Gasteiger partial charge in [0, 0.05) is 151 Å². The fourth-order valence-electron chi connectivity index (χ4n) is 15.0. The van der Waals surface area contributed by atoms with Gasteiger partial charge in [0.15, 0.2) is 47.1 Å². The van der Waals surface area contributed by atoms with Crippen molar-refractivity contribution in [2.24, 2.45) is 33.6 Å². The van der Waals surface area contributed by atoms with Crippen LogP contribution >= 0.6 is 0 Å². The molecule has 16 aromatic rings. The minimum atomic E-state index is -2.67. The van der Waals surface area contributed by atoms with Gasteiger partial charge in [0.1, 0.15) is 28.2 Å². The highest BCUT2D eigenvalue weighted by Gasteiger charge is 2.29. The van der Waals surface area contributed by atoms with E-state index >= 15 is 0 Å². The maximum Gasteiger partial charge on any atom is 0.227 e. The van der Waals surface area contributed by atoms with Crippen LogP contribution in [0.5, 0.6) is 0 Å². The third-order valence-electron chi connectivity index (χ3n) is 20.9. The van der Waals surface area contributed by atoms with E-state index in [1.165, 1.54) is 23.6 Å². The first kappa shape index (κ1) is 57.5. The molecule has 2 fully saturated rings. The first-order chi connectivity index (χ1) is 57.1. The number of aryl methyl sites for hydroxylation is 12. The molecule has 548 valence electrons. The number of hydrogen-bond donors (Lipinski definition) is 0. The first-order valence-electron chi connectivity index (χ1n) is 44.3. The largest absolute Gasteiger partial charge is 0.437 e. The molecule has 0 aliphatic heterocycles. The van der Waals surface area contributed by atoms with Crippen molar-refractivity contribution in [3.63, 3.8) is 0 Å². The van der Waals surface area contributed by atoms with Crippen LogP contribution in [0.15, 0.2) is 188 Å². The van der Waals surface area contributed by atoms with Gasteiger partial charge in [-0.25, -0.2) is 38.2 Å². The molecule has 12 nitrogen and oxygen atoms in total. The van der Waals surface area contributed by atoms with E-state index in [0.29, 0.717) is 65.4 Å². The topological polar surface area (TPSA) is 120 Å². The molecule has 12 heterocycles. The average Bonchev–Trinajstić information content (AvgIpc) is 1.23. The summed E-state index contributed by atoms with van der Waals surface area (Å²) in [6.07, 6.45) is 4.51. The summed E-state index contributed by atoms with van der Waals surface area (Å²) in [7, 11) is 8.07. The van der Waals surface area contributed by atoms with Gasteiger partial charge in [0.05, 0.1) is 22.3 Å². The van der Waals surface area contributed by atoms with Crippen LogP contribution in [0.1, 0.15) is 197 Å². The Morgan fingerprint density at radius 3 is 1.06 bits per heavy atom. The van der Waals surface area contributed by atoms with Crippen molar-refractivity contribution < 1.29 is 55.1 Å². The molecule has 0 spiro atoms. The van der Waals surface area contributed by atoms with Crippen molar-refractivity contribution in [2.45, 2.75) is 178 Å². The second kappa shape index (κ2) is 29.1. The molecule has 2 saturated carbocycles. The van der Waals surface area contributed by atoms with Crippen LogP contribution in [-0.2, 0) is 40.0 Å². The van der Waals surface area contributed by atoms with E-state index in [-0.39, 0.29) is 30.4 Å². The van der Waals surface area contributed by atoms with Crippen LogP contribution in [0.3, 0.4) is 0 Å². The minimum Gasteiger partial charge on any atom is -0.437 e. The number of aromatic nitrogens is 8. The molecule has 2 aliphatic rings. The summed E-state index contributed by atoms with van der Waals surface area (Å²) in [5.41, 5.74) is 22.4. The van der Waals surface area contributed by atoms with Gasteiger partial charge in [-0.2, -0.15) is 0 Å². The molecule has 12 aromatic heterocycles. The predicted octanol–water partition coefficient (Wildman–Crippen LogP) is 22.9. The van der Waals surface area contributed by atoms with E-state index < -0.39 is 50.0 Å². The molecule has 18 rings (SSSR count). The Morgan fingerprint density at radius 2 is 0.704 bits per heavy atom. The van der Waals surface area contributed by atoms with Gasteiger partial charge in [0.25, 0.3) is 0 Å². The second-order valence-electron chi connectivity index (χ2n) is 30.9. The minimum absolute atomic E-state index is 0.00507. The highest BCUT2D eigenvalue weighted by molar-refractivity contribution is 6.12. The van der Waals surface area contributed by atoms with E-state index in [4.69, 9.17) is 41.8 Å². The van der Waals surface area contributed by atoms with Gasteiger partial charge in [0.2, 0.25) is 45.6 Å². The number of furan rings is 4. The molecule has 12 heteroatoms. The van der Waals surface area contributed by atoms with Gasteiger partial charge in [-0.1, -0.05) is 122 Å². The maximum atomic E-state index is 8.98. The zero-order valence-corrected chi connectivity index (χ0v) is 64.8. The second-order valence-corrected chi connectivity index (χ2v) is 30.9. The number of pyridine rings is 8. The molecular formula is C96H104N8O4+4. The fourth-order valence-corrected chi connectivity index (χ4v) is 15.0. The van der Waals surface area contributed by atoms with Gasteiger partial charge in [-0.3, -0.25) is 0 Å². The normalized spacial score (nSPS) is 18.9. The quantitative estimate of drug-likeness (QED) is 0.145. The van der Waals surface area contributed by atoms with E-state index in [1.807, 2.05) is 125 Å². The lowest BCUT2D eigenvalue weighted by molar-refractivity contribution is -0.660. The van der Waals surface area contributed by atoms with Crippen molar-refractivity contribution in [3.8, 4) is 45.0 Å². The Morgan fingerprint density at radius 1 is 0.380 bits per heavy atom. The Labute approximate surface area is 654 Å². The van der Waals surface area contributed by atoms with Crippen LogP contribution in [-0.4, -0.2) is 19.9 Å². The number of rotatable bonds is 7. The van der Waals surface area contributed by atoms with E-state index in [0.717, 1.165) is 139 Å². The number of nitrogens with zero attached hydrogens (tertiary/aromatic N) is 8. The average molecular weight is 1450 g/mol. The highest BCUT2D eigenvalue weighted by atomic mass is 16.4. The maximum absolute atomic E-state index is 8.98. The molecule has 0 amide bonds. The molecule has 1 unspecified atom stereocenters. The zero-order valence-electron chi connectivity index (χ0n) is 78.8. The summed E-state index contributed by atoms with van der Waals surface area (Å²) in [5, 5.41) is 7.44. The van der Waals surface area contributed by atoms with Crippen LogP contribution in [0.4, 0.5) is 0 Å². The number of benzene rings is 4. The van der Waals surface area contributed by atoms with Crippen molar-refractivity contribution >= 4 is 88.3 Å². The first-order valence-corrected chi connectivity index (χ1v) is 37.3. The Balaban J connectivity index is 0.000000127. The lowest BCUT2D eigenvalue weighted by atomic mass is 9.86. The van der Waals surface area contributed by atoms with Gasteiger partial charge < -0.3 is 17.7 Å². The number of hydrogen-bond acceptors (Lipinski definition) is 8. The van der Waals surface area contributed by atoms with E-state index in [9.17, 15) is 0 Å². The molecular weight excluding hydrogens is 1330 g/mol. The van der Waals surface area contributed by atoms with Crippen LogP contribution in [0.25, 0.3) is 133 Å². The molecule has 0 saturated heterocycles. The summed E-state index contributed by atoms with van der Waals surface area (Å²) in [5.74, 6) is -3.45. The molecule has 0 radical (unpaired) electrons. The smallest absolute Gasteiger partial charge is 0.227 e. The Kier molecular flexibility index (Phi) is 15.5. The van der Waals surface area contributed by atoms with Gasteiger partial charge in [-0.15, -0.1) is 0 Å². The molecule has 2 aliphatic carbocycles. The molecule has 1 atom stereocenters. The summed E-state index contributed by atoms with van der Waals surface area (Å²) in [4.78, 5) is 18.6. The summed E-state index contributed by atoms with van der Waals surface area (Å²) in [6, 6.07) is 48.3. The standard InChI is InChI=1S/C25H27N2O.C24H25N2O.C24H27N2O.C23H25N2O/c1-16-13-14-27(3)22(15-16)23-17(2)9-10-19-20-11-12-21(18-7-5-4-6-8-18)26-25(20)28-24(19)23;1-15-12-13-26(3)21(14-15)22-16(2)8-9-18-19-10-11-20(17-6-4-5-7-17)25-24(19)27-23(18)22;1-15-11-12-26(6)20(13-15)21-16(2)7-9-18-19-10-8-17(14-24(3,4)5)25-23(19)27-22(18)21;1-14-11-12-25(6)18(13-14)20-15(2)7-8-16-17-9-10-19(23(3,4)5)24-22(17)26-21(16)20/h9-15,18H,4-8H2,1-3H3;8-14,17H,4-7H2,1-3H3;7-13H,14H2,1-6H3;7-13H,1-6H3/q4*+1/i7D2,8D2,18D;6D2,17D;3D3,4D3;. The molecule has 4 aromatic carbocycles. The fraction of sp³-hybridized carbons (Fsp3) is 0.333. The molecule has 0 N–H and O–H groups in total. The summed E-state index contributed by atoms with van der Waals surface area (Å²) >= 11 is 0. The lowest BCUT2D eigenvalue weighted by Gasteiger charge is -2.20. The van der Waals surface area contributed by atoms with Crippen molar-refractivity contribution in [1.29, 1.82) is 0 Å². The van der Waals surface area contributed by atoms with Crippen LogP contribution in [0.2, 0.25) is 0 Å². The third kappa shape index (κ3) is 14.3. The summed E-state index contributed by atoms with van der Waals surface area (Å²) in [6.45, 7) is 19.0. The van der Waals surface area contributed by atoms with Crippen LogP contribution in [0, 0.1) is 60.8 Å². The zero-order chi connectivity index (χ0) is 88.0. The number of fused-ring (bicyclic) bond motifs is 12. The Bertz CT molecular complexity index is 6840. The van der Waals surface area contributed by atoms with Crippen LogP contribution < -0.4 is 18.3 Å². The third-order valence-corrected chi connectivity index (χ3v) is 20.9. The monoisotopic (exact) mass is 1450 g/mol. The van der Waals surface area contributed by atoms with Crippen molar-refractivity contribution in [3.05, 3.63) is 238 Å². The summed E-state index contributed by atoms with van der Waals surface area (Å²) < 4.78 is 149. The highest BCUT2D eigenvalue weighted by Crippen LogP contribution is 2.44. The van der Waals surface area contributed by atoms with E-state index in [1.54, 1.807) is 24.3 Å². The lowest BCUT2D eigenvalue weighted by Crippen LogP contribution is -2.30. The molecule has 0 bridgehead atoms. The van der Waals surface area contributed by atoms with Crippen molar-refractivity contribution in [1.82, 2.24) is 19.9 Å². The Hall–Kier alpha value is -10.7. The van der Waals surface area contributed by atoms with Gasteiger partial charge in [-0.05, 0) is 186 Å². The SMILES string of the molecule is Cc1cc[n+](C)c(-c2c(C)ccc3c2oc2nc(C(C)(C)C)ccc23)c1.[2H]C([2H])([2H])C(C)(Cc1ccc2c(n1)oc1c(-c3cc(C)cc[n+]3C)c(C)ccc12)C([2H])([2H])[2H].[2H]C1([2H])CCCC([2H])([2H])C1([2H])c1ccc2c(n1)oc1c(-c3cc(C)cc[n+]3C)c(C)ccc12.[2H]C1([2H])CCCC1([2H])c1ccc2c(n1)oc1c(-c3cc(C)cc[n+]3C)c(C)ccc12. The molecule has 108 heavy (non-hydrogen) atoms. The van der Waals surface area contributed by atoms with E-state index in [2.05, 4.69) is 159 Å².